The van der Waals surface area contributed by atoms with Crippen molar-refractivity contribution in [2.45, 2.75) is 32.7 Å². The average molecular weight is 402 g/mol. The number of carbonyl (C=O) groups excluding carboxylic acids is 1. The molecule has 0 radical (unpaired) electrons. The highest BCUT2D eigenvalue weighted by molar-refractivity contribution is 5.80. The van der Waals surface area contributed by atoms with E-state index in [1.54, 1.807) is 7.11 Å². The van der Waals surface area contributed by atoms with Crippen molar-refractivity contribution in [3.05, 3.63) is 29.8 Å². The fourth-order valence-electron chi connectivity index (χ4n) is 3.72. The Morgan fingerprint density at radius 3 is 2.66 bits per heavy atom. The minimum atomic E-state index is 0.312. The molecule has 0 bridgehead atoms. The average Bonchev–Trinajstić information content (AvgIpc) is 2.71. The first-order valence-corrected chi connectivity index (χ1v) is 10.9. The van der Waals surface area contributed by atoms with E-state index in [2.05, 4.69) is 38.4 Å². The number of benzene rings is 1. The maximum Gasteiger partial charge on any atom is 0.225 e. The van der Waals surface area contributed by atoms with Gasteiger partial charge in [0, 0.05) is 51.7 Å². The number of hydrogen-bond acceptors (Lipinski definition) is 4. The third-order valence-electron chi connectivity index (χ3n) is 5.76. The van der Waals surface area contributed by atoms with Crippen molar-refractivity contribution in [2.24, 2.45) is 10.9 Å². The normalized spacial score (nSPS) is 18.3. The standard InChI is InChI=1S/C22H35N5O2/c1-3-23-22(25-17-18-6-4-9-20(16-18)29-2)24-10-11-26-12-14-27(15-13-26)21(28)19-7-5-8-19/h4,6,9,16,19H,3,5,7-8,10-15,17H2,1-2H3,(H2,23,24,25). The minimum absolute atomic E-state index is 0.312. The predicted molar refractivity (Wildman–Crippen MR) is 116 cm³/mol. The zero-order chi connectivity index (χ0) is 20.5. The van der Waals surface area contributed by atoms with E-state index in [-0.39, 0.29) is 0 Å². The lowest BCUT2D eigenvalue weighted by Crippen LogP contribution is -2.52. The molecule has 1 amide bonds. The SMILES string of the molecule is CCNC(=NCc1cccc(OC)c1)NCCN1CCN(C(=O)C2CCC2)CC1. The molecule has 160 valence electrons. The molecule has 1 saturated carbocycles. The van der Waals surface area contributed by atoms with E-state index in [4.69, 9.17) is 4.74 Å². The van der Waals surface area contributed by atoms with Crippen LogP contribution in [0.3, 0.4) is 0 Å². The molecule has 1 heterocycles. The highest BCUT2D eigenvalue weighted by Gasteiger charge is 2.30. The molecule has 1 aromatic rings. The summed E-state index contributed by atoms with van der Waals surface area (Å²) in [5, 5.41) is 6.73. The number of guanidine groups is 1. The van der Waals surface area contributed by atoms with Crippen molar-refractivity contribution in [3.8, 4) is 5.75 Å². The number of piperazine rings is 1. The summed E-state index contributed by atoms with van der Waals surface area (Å²) in [4.78, 5) is 21.5. The molecule has 2 aliphatic rings. The first-order chi connectivity index (χ1) is 14.2. The minimum Gasteiger partial charge on any atom is -0.497 e. The van der Waals surface area contributed by atoms with Crippen molar-refractivity contribution in [1.82, 2.24) is 20.4 Å². The van der Waals surface area contributed by atoms with Gasteiger partial charge in [-0.05, 0) is 37.5 Å². The van der Waals surface area contributed by atoms with Crippen LogP contribution in [0.5, 0.6) is 5.75 Å². The van der Waals surface area contributed by atoms with E-state index in [0.29, 0.717) is 18.4 Å². The van der Waals surface area contributed by atoms with Crippen LogP contribution in [0.15, 0.2) is 29.3 Å². The maximum absolute atomic E-state index is 12.4. The van der Waals surface area contributed by atoms with Crippen LogP contribution in [-0.4, -0.2) is 74.6 Å². The summed E-state index contributed by atoms with van der Waals surface area (Å²) >= 11 is 0. The molecule has 1 aromatic carbocycles. The fourth-order valence-corrected chi connectivity index (χ4v) is 3.72. The number of ether oxygens (including phenoxy) is 1. The van der Waals surface area contributed by atoms with E-state index in [9.17, 15) is 4.79 Å². The Bertz CT molecular complexity index is 682. The van der Waals surface area contributed by atoms with Gasteiger partial charge in [0.25, 0.3) is 0 Å². The molecule has 1 saturated heterocycles. The summed E-state index contributed by atoms with van der Waals surface area (Å²) in [5.41, 5.74) is 1.12. The zero-order valence-corrected chi connectivity index (χ0v) is 17.8. The van der Waals surface area contributed by atoms with Crippen LogP contribution in [0.25, 0.3) is 0 Å². The van der Waals surface area contributed by atoms with Crippen LogP contribution in [0.4, 0.5) is 0 Å². The summed E-state index contributed by atoms with van der Waals surface area (Å²) in [5.74, 6) is 2.37. The van der Waals surface area contributed by atoms with Gasteiger partial charge in [0.05, 0.1) is 13.7 Å². The quantitative estimate of drug-likeness (QED) is 0.513. The first-order valence-electron chi connectivity index (χ1n) is 10.9. The number of nitrogens with zero attached hydrogens (tertiary/aromatic N) is 3. The molecule has 7 heteroatoms. The lowest BCUT2D eigenvalue weighted by atomic mass is 9.84. The van der Waals surface area contributed by atoms with E-state index >= 15 is 0 Å². The summed E-state index contributed by atoms with van der Waals surface area (Å²) < 4.78 is 5.28. The third-order valence-corrected chi connectivity index (χ3v) is 5.76. The molecule has 0 atom stereocenters. The van der Waals surface area contributed by atoms with Crippen LogP contribution in [0, 0.1) is 5.92 Å². The van der Waals surface area contributed by atoms with Crippen LogP contribution >= 0.6 is 0 Å². The van der Waals surface area contributed by atoms with Gasteiger partial charge in [-0.25, -0.2) is 4.99 Å². The van der Waals surface area contributed by atoms with Crippen molar-refractivity contribution in [3.63, 3.8) is 0 Å². The van der Waals surface area contributed by atoms with Crippen LogP contribution in [-0.2, 0) is 11.3 Å². The number of aliphatic imine (C=N–C) groups is 1. The molecule has 2 N–H and O–H groups in total. The summed E-state index contributed by atoms with van der Waals surface area (Å²) in [6, 6.07) is 7.99. The summed E-state index contributed by atoms with van der Waals surface area (Å²) in [7, 11) is 1.68. The molecular weight excluding hydrogens is 366 g/mol. The van der Waals surface area contributed by atoms with Gasteiger partial charge in [0.15, 0.2) is 5.96 Å². The van der Waals surface area contributed by atoms with Crippen LogP contribution < -0.4 is 15.4 Å². The second-order valence-corrected chi connectivity index (χ2v) is 7.77. The molecule has 1 aliphatic heterocycles. The number of hydrogen-bond donors (Lipinski definition) is 2. The van der Waals surface area contributed by atoms with E-state index in [1.165, 1.54) is 6.42 Å². The van der Waals surface area contributed by atoms with Gasteiger partial charge >= 0.3 is 0 Å². The van der Waals surface area contributed by atoms with Gasteiger partial charge < -0.3 is 20.3 Å². The lowest BCUT2D eigenvalue weighted by molar-refractivity contribution is -0.139. The molecule has 3 rings (SSSR count). The van der Waals surface area contributed by atoms with Gasteiger partial charge in [-0.3, -0.25) is 9.69 Å². The Kier molecular flexibility index (Phi) is 8.16. The van der Waals surface area contributed by atoms with E-state index in [1.807, 2.05) is 18.2 Å². The Morgan fingerprint density at radius 2 is 2.00 bits per heavy atom. The third kappa shape index (κ3) is 6.35. The summed E-state index contributed by atoms with van der Waals surface area (Å²) in [6.07, 6.45) is 3.39. The highest BCUT2D eigenvalue weighted by Crippen LogP contribution is 2.28. The van der Waals surface area contributed by atoms with Crippen molar-refractivity contribution in [1.29, 1.82) is 0 Å². The second kappa shape index (κ2) is 11.0. The van der Waals surface area contributed by atoms with Crippen molar-refractivity contribution >= 4 is 11.9 Å². The predicted octanol–water partition coefficient (Wildman–Crippen LogP) is 1.69. The Hall–Kier alpha value is -2.28. The van der Waals surface area contributed by atoms with Crippen LogP contribution in [0.1, 0.15) is 31.7 Å². The molecule has 0 spiro atoms. The Labute approximate surface area is 174 Å². The Balaban J connectivity index is 1.39. The van der Waals surface area contributed by atoms with E-state index in [0.717, 1.165) is 75.9 Å². The number of rotatable bonds is 8. The summed E-state index contributed by atoms with van der Waals surface area (Å²) in [6.45, 7) is 8.92. The van der Waals surface area contributed by atoms with Gasteiger partial charge in [-0.1, -0.05) is 18.6 Å². The molecule has 7 nitrogen and oxygen atoms in total. The van der Waals surface area contributed by atoms with Gasteiger partial charge in [-0.15, -0.1) is 0 Å². The lowest BCUT2D eigenvalue weighted by Gasteiger charge is -2.38. The number of amides is 1. The van der Waals surface area contributed by atoms with Gasteiger partial charge in [0.2, 0.25) is 5.91 Å². The smallest absolute Gasteiger partial charge is 0.225 e. The van der Waals surface area contributed by atoms with Crippen molar-refractivity contribution < 1.29 is 9.53 Å². The van der Waals surface area contributed by atoms with E-state index < -0.39 is 0 Å². The number of methoxy groups -OCH3 is 1. The first kappa shape index (κ1) is 21.4. The largest absolute Gasteiger partial charge is 0.497 e. The Morgan fingerprint density at radius 1 is 1.21 bits per heavy atom. The fraction of sp³-hybridized carbons (Fsp3) is 0.636. The van der Waals surface area contributed by atoms with Gasteiger partial charge in [0.1, 0.15) is 5.75 Å². The maximum atomic E-state index is 12.4. The topological polar surface area (TPSA) is 69.2 Å². The van der Waals surface area contributed by atoms with Crippen molar-refractivity contribution in [2.75, 3.05) is 52.9 Å². The zero-order valence-electron chi connectivity index (χ0n) is 17.8. The monoisotopic (exact) mass is 401 g/mol. The molecule has 0 aromatic heterocycles. The number of carbonyl (C=O) groups is 1. The molecule has 29 heavy (non-hydrogen) atoms. The molecule has 0 unspecified atom stereocenters. The molecule has 1 aliphatic carbocycles. The van der Waals surface area contributed by atoms with Crippen LogP contribution in [0.2, 0.25) is 0 Å². The highest BCUT2D eigenvalue weighted by atomic mass is 16.5. The molecular formula is C22H35N5O2. The number of nitrogens with one attached hydrogen (secondary N) is 2. The second-order valence-electron chi connectivity index (χ2n) is 7.77. The van der Waals surface area contributed by atoms with Gasteiger partial charge in [-0.2, -0.15) is 0 Å². The molecule has 2 fully saturated rings.